The lowest BCUT2D eigenvalue weighted by molar-refractivity contribution is -0.155. The molecular weight excluding hydrogens is 381 g/mol. The van der Waals surface area contributed by atoms with Crippen molar-refractivity contribution in [1.29, 1.82) is 0 Å². The van der Waals surface area contributed by atoms with Crippen molar-refractivity contribution < 1.29 is 28.3 Å². The average molecular weight is 407 g/mol. The fourth-order valence-corrected chi connectivity index (χ4v) is 2.92. The zero-order valence-electron chi connectivity index (χ0n) is 17.0. The Balaban J connectivity index is 1.92. The molecule has 1 aliphatic heterocycles. The van der Waals surface area contributed by atoms with E-state index in [4.69, 9.17) is 4.74 Å². The highest BCUT2D eigenvalue weighted by molar-refractivity contribution is 6.08. The Kier molecular flexibility index (Phi) is 6.94. The van der Waals surface area contributed by atoms with Crippen LogP contribution in [0, 0.1) is 12.7 Å². The van der Waals surface area contributed by atoms with Crippen LogP contribution in [0.5, 0.6) is 0 Å². The van der Waals surface area contributed by atoms with Crippen molar-refractivity contribution in [2.75, 3.05) is 11.9 Å². The van der Waals surface area contributed by atoms with Gasteiger partial charge in [0.05, 0.1) is 0 Å². The monoisotopic (exact) mass is 407 g/mol. The summed E-state index contributed by atoms with van der Waals surface area (Å²) in [5.74, 6) is -2.53. The van der Waals surface area contributed by atoms with Crippen LogP contribution in [0.25, 0.3) is 0 Å². The summed E-state index contributed by atoms with van der Waals surface area (Å²) in [7, 11) is 0. The van der Waals surface area contributed by atoms with Gasteiger partial charge in [-0.15, -0.1) is 0 Å². The third-order valence-electron chi connectivity index (χ3n) is 4.78. The molecule has 158 valence electrons. The van der Waals surface area contributed by atoms with Gasteiger partial charge in [-0.1, -0.05) is 25.8 Å². The number of anilines is 1. The van der Waals surface area contributed by atoms with Gasteiger partial charge < -0.3 is 15.4 Å². The van der Waals surface area contributed by atoms with Crippen LogP contribution in [-0.4, -0.2) is 46.9 Å². The maximum Gasteiger partial charge on any atom is 0.327 e. The molecule has 0 spiro atoms. The number of imide groups is 1. The Hall–Kier alpha value is -2.97. The average Bonchev–Trinajstić information content (AvgIpc) is 2.86. The molecule has 1 fully saturated rings. The molecule has 29 heavy (non-hydrogen) atoms. The number of nitrogens with one attached hydrogen (secondary N) is 2. The molecule has 2 N–H and O–H groups in total. The standard InChI is InChI=1S/C20H26FN3O5/c1-5-6-9-20(4)18(27)24(19(28)23-20)11-16(25)29-13(3)17(26)22-14-8-7-12(2)15(21)10-14/h7-8,10,13H,5-6,9,11H2,1-4H3,(H,22,26)(H,23,28)/t13-,20+/m1/s1. The van der Waals surface area contributed by atoms with Crippen molar-refractivity contribution in [2.24, 2.45) is 0 Å². The van der Waals surface area contributed by atoms with Gasteiger partial charge in [0.2, 0.25) is 0 Å². The van der Waals surface area contributed by atoms with E-state index in [0.29, 0.717) is 12.0 Å². The normalized spacial score (nSPS) is 19.7. The minimum atomic E-state index is -1.20. The lowest BCUT2D eigenvalue weighted by Gasteiger charge is -2.21. The van der Waals surface area contributed by atoms with Crippen molar-refractivity contribution >= 4 is 29.5 Å². The summed E-state index contributed by atoms with van der Waals surface area (Å²) in [5, 5.41) is 5.05. The van der Waals surface area contributed by atoms with E-state index < -0.39 is 47.8 Å². The first kappa shape index (κ1) is 22.3. The second-order valence-electron chi connectivity index (χ2n) is 7.34. The number of hydrogen-bond acceptors (Lipinski definition) is 5. The van der Waals surface area contributed by atoms with E-state index >= 15 is 0 Å². The number of aryl methyl sites for hydroxylation is 1. The van der Waals surface area contributed by atoms with Gasteiger partial charge in [-0.3, -0.25) is 19.3 Å². The molecule has 0 radical (unpaired) electrons. The molecule has 2 rings (SSSR count). The van der Waals surface area contributed by atoms with Gasteiger partial charge in [-0.2, -0.15) is 0 Å². The van der Waals surface area contributed by atoms with Crippen molar-refractivity contribution in [2.45, 2.75) is 58.6 Å². The minimum absolute atomic E-state index is 0.224. The maximum atomic E-state index is 13.6. The highest BCUT2D eigenvalue weighted by Crippen LogP contribution is 2.23. The summed E-state index contributed by atoms with van der Waals surface area (Å²) in [5.41, 5.74) is -0.393. The summed E-state index contributed by atoms with van der Waals surface area (Å²) < 4.78 is 18.6. The van der Waals surface area contributed by atoms with Crippen LogP contribution >= 0.6 is 0 Å². The molecule has 8 nitrogen and oxygen atoms in total. The lowest BCUT2D eigenvalue weighted by atomic mass is 9.95. The van der Waals surface area contributed by atoms with Gasteiger partial charge in [-0.05, 0) is 44.9 Å². The molecule has 0 unspecified atom stereocenters. The highest BCUT2D eigenvalue weighted by atomic mass is 19.1. The van der Waals surface area contributed by atoms with Crippen LogP contribution < -0.4 is 10.6 Å². The van der Waals surface area contributed by atoms with Gasteiger partial charge >= 0.3 is 12.0 Å². The molecule has 4 amide bonds. The number of nitrogens with zero attached hydrogens (tertiary/aromatic N) is 1. The number of carbonyl (C=O) groups is 4. The molecule has 2 atom stereocenters. The lowest BCUT2D eigenvalue weighted by Crippen LogP contribution is -2.44. The summed E-state index contributed by atoms with van der Waals surface area (Å²) in [6.45, 7) is 5.93. The van der Waals surface area contributed by atoms with Gasteiger partial charge in [0, 0.05) is 5.69 Å². The minimum Gasteiger partial charge on any atom is -0.451 e. The van der Waals surface area contributed by atoms with Crippen LogP contribution in [0.15, 0.2) is 18.2 Å². The van der Waals surface area contributed by atoms with E-state index in [1.807, 2.05) is 6.92 Å². The predicted octanol–water partition coefficient (Wildman–Crippen LogP) is 2.51. The van der Waals surface area contributed by atoms with E-state index in [2.05, 4.69) is 10.6 Å². The molecule has 0 bridgehead atoms. The number of ether oxygens (including phenoxy) is 1. The summed E-state index contributed by atoms with van der Waals surface area (Å²) in [6.07, 6.45) is 0.876. The number of halogens is 1. The van der Waals surface area contributed by atoms with Crippen LogP contribution in [0.2, 0.25) is 0 Å². The van der Waals surface area contributed by atoms with E-state index in [9.17, 15) is 23.6 Å². The molecule has 0 aliphatic carbocycles. The van der Waals surface area contributed by atoms with Crippen molar-refractivity contribution in [3.63, 3.8) is 0 Å². The fourth-order valence-electron chi connectivity index (χ4n) is 2.92. The molecule has 1 heterocycles. The highest BCUT2D eigenvalue weighted by Gasteiger charge is 2.48. The van der Waals surface area contributed by atoms with Gasteiger partial charge in [0.15, 0.2) is 6.10 Å². The number of esters is 1. The zero-order chi connectivity index (χ0) is 21.8. The molecule has 1 aromatic carbocycles. The number of unbranched alkanes of at least 4 members (excludes halogenated alkanes) is 1. The summed E-state index contributed by atoms with van der Waals surface area (Å²) in [4.78, 5) is 49.7. The smallest absolute Gasteiger partial charge is 0.327 e. The molecule has 0 aromatic heterocycles. The number of benzene rings is 1. The topological polar surface area (TPSA) is 105 Å². The van der Waals surface area contributed by atoms with Crippen molar-refractivity contribution in [1.82, 2.24) is 10.2 Å². The molecular formula is C20H26FN3O5. The van der Waals surface area contributed by atoms with Crippen molar-refractivity contribution in [3.8, 4) is 0 Å². The number of hydrogen-bond donors (Lipinski definition) is 2. The van der Waals surface area contributed by atoms with Gasteiger partial charge in [-0.25, -0.2) is 9.18 Å². The number of urea groups is 1. The molecule has 0 saturated carbocycles. The van der Waals surface area contributed by atoms with Crippen LogP contribution in [0.3, 0.4) is 0 Å². The second kappa shape index (κ2) is 9.02. The molecule has 1 aromatic rings. The quantitative estimate of drug-likeness (QED) is 0.509. The predicted molar refractivity (Wildman–Crippen MR) is 103 cm³/mol. The number of amides is 4. The Labute approximate surface area is 168 Å². The first-order valence-electron chi connectivity index (χ1n) is 9.48. The summed E-state index contributed by atoms with van der Waals surface area (Å²) >= 11 is 0. The Morgan fingerprint density at radius 3 is 2.66 bits per heavy atom. The largest absolute Gasteiger partial charge is 0.451 e. The van der Waals surface area contributed by atoms with Crippen molar-refractivity contribution in [3.05, 3.63) is 29.6 Å². The SMILES string of the molecule is CCCC[C@]1(C)NC(=O)N(CC(=O)O[C@H](C)C(=O)Nc2ccc(C)c(F)c2)C1=O. The third kappa shape index (κ3) is 5.30. The van der Waals surface area contributed by atoms with E-state index in [1.54, 1.807) is 13.8 Å². The van der Waals surface area contributed by atoms with Gasteiger partial charge in [0.1, 0.15) is 17.9 Å². The molecule has 1 aliphatic rings. The third-order valence-corrected chi connectivity index (χ3v) is 4.78. The maximum absolute atomic E-state index is 13.6. The van der Waals surface area contributed by atoms with E-state index in [1.165, 1.54) is 19.1 Å². The van der Waals surface area contributed by atoms with Crippen LogP contribution in [-0.2, 0) is 19.1 Å². The molecule has 9 heteroatoms. The van der Waals surface area contributed by atoms with Gasteiger partial charge in [0.25, 0.3) is 11.8 Å². The Morgan fingerprint density at radius 1 is 1.34 bits per heavy atom. The Morgan fingerprint density at radius 2 is 2.03 bits per heavy atom. The molecule has 1 saturated heterocycles. The fraction of sp³-hybridized carbons (Fsp3) is 0.500. The Bertz CT molecular complexity index is 828. The number of rotatable bonds is 8. The zero-order valence-corrected chi connectivity index (χ0v) is 17.0. The number of carbonyl (C=O) groups excluding carboxylic acids is 4. The first-order chi connectivity index (χ1) is 13.6. The van der Waals surface area contributed by atoms with E-state index in [-0.39, 0.29) is 5.69 Å². The second-order valence-corrected chi connectivity index (χ2v) is 7.34. The van der Waals surface area contributed by atoms with E-state index in [0.717, 1.165) is 23.8 Å². The van der Waals surface area contributed by atoms with Crippen LogP contribution in [0.1, 0.15) is 45.6 Å². The summed E-state index contributed by atoms with van der Waals surface area (Å²) in [6, 6.07) is 3.52. The first-order valence-corrected chi connectivity index (χ1v) is 9.48. The van der Waals surface area contributed by atoms with Crippen LogP contribution in [0.4, 0.5) is 14.9 Å².